The lowest BCUT2D eigenvalue weighted by atomic mass is 10.0. The summed E-state index contributed by atoms with van der Waals surface area (Å²) < 4.78 is 0. The van der Waals surface area contributed by atoms with Crippen molar-refractivity contribution < 1.29 is 9.59 Å². The number of hydrogen-bond donors (Lipinski definition) is 2. The van der Waals surface area contributed by atoms with Gasteiger partial charge in [-0.2, -0.15) is 0 Å². The largest absolute Gasteiger partial charge is 0.347 e. The fourth-order valence-corrected chi connectivity index (χ4v) is 1.87. The van der Waals surface area contributed by atoms with Crippen molar-refractivity contribution in [1.29, 1.82) is 0 Å². The van der Waals surface area contributed by atoms with Gasteiger partial charge in [-0.15, -0.1) is 0 Å². The van der Waals surface area contributed by atoms with Crippen LogP contribution >= 0.6 is 0 Å². The molecule has 1 atom stereocenters. The molecule has 5 nitrogen and oxygen atoms in total. The molecule has 1 heterocycles. The molecule has 1 saturated heterocycles. The van der Waals surface area contributed by atoms with Crippen molar-refractivity contribution in [2.45, 2.75) is 26.2 Å². The summed E-state index contributed by atoms with van der Waals surface area (Å²) >= 11 is 0. The number of amides is 2. The van der Waals surface area contributed by atoms with Gasteiger partial charge < -0.3 is 16.0 Å². The number of likely N-dealkylation sites (tertiary alicyclic amines) is 1. The topological polar surface area (TPSA) is 75.4 Å². The lowest BCUT2D eigenvalue weighted by Crippen LogP contribution is -2.44. The minimum Gasteiger partial charge on any atom is -0.347 e. The minimum atomic E-state index is -0.528. The van der Waals surface area contributed by atoms with Gasteiger partial charge in [0.2, 0.25) is 0 Å². The number of rotatable bonds is 2. The first kappa shape index (κ1) is 13.0. The minimum absolute atomic E-state index is 0.356. The van der Waals surface area contributed by atoms with E-state index in [1.807, 2.05) is 0 Å². The maximum atomic E-state index is 11.7. The number of nitrogens with two attached hydrogens (primary N) is 1. The highest BCUT2D eigenvalue weighted by molar-refractivity contribution is 6.35. The van der Waals surface area contributed by atoms with E-state index in [9.17, 15) is 9.59 Å². The summed E-state index contributed by atoms with van der Waals surface area (Å²) in [5, 5.41) is 2.51. The Bertz CT molecular complexity index is 256. The number of carbonyl (C=O) groups excluding carboxylic acids is 2. The van der Waals surface area contributed by atoms with Crippen LogP contribution in [0.1, 0.15) is 26.2 Å². The normalized spacial score (nSPS) is 21.4. The number of nitrogens with one attached hydrogen (secondary N) is 1. The van der Waals surface area contributed by atoms with E-state index in [1.165, 1.54) is 0 Å². The molecule has 1 fully saturated rings. The van der Waals surface area contributed by atoms with E-state index >= 15 is 0 Å². The second kappa shape index (κ2) is 6.48. The summed E-state index contributed by atoms with van der Waals surface area (Å²) in [7, 11) is 0. The zero-order chi connectivity index (χ0) is 12.0. The van der Waals surface area contributed by atoms with Gasteiger partial charge in [0, 0.05) is 26.2 Å². The molecule has 1 unspecified atom stereocenters. The second-order valence-corrected chi connectivity index (χ2v) is 4.37. The van der Waals surface area contributed by atoms with Crippen LogP contribution in [0.15, 0.2) is 0 Å². The van der Waals surface area contributed by atoms with E-state index in [1.54, 1.807) is 4.90 Å². The maximum Gasteiger partial charge on any atom is 0.311 e. The van der Waals surface area contributed by atoms with Gasteiger partial charge in [0.1, 0.15) is 0 Å². The van der Waals surface area contributed by atoms with E-state index in [0.717, 1.165) is 19.3 Å². The molecule has 1 rings (SSSR count). The maximum absolute atomic E-state index is 11.7. The van der Waals surface area contributed by atoms with Crippen LogP contribution in [0.25, 0.3) is 0 Å². The molecule has 0 aliphatic carbocycles. The fourth-order valence-electron chi connectivity index (χ4n) is 1.87. The van der Waals surface area contributed by atoms with Crippen molar-refractivity contribution in [3.63, 3.8) is 0 Å². The van der Waals surface area contributed by atoms with Gasteiger partial charge in [0.25, 0.3) is 0 Å². The highest BCUT2D eigenvalue weighted by Crippen LogP contribution is 2.16. The predicted octanol–water partition coefficient (Wildman–Crippen LogP) is -0.290. The van der Waals surface area contributed by atoms with Gasteiger partial charge in [-0.3, -0.25) is 9.59 Å². The van der Waals surface area contributed by atoms with Crippen molar-refractivity contribution in [2.75, 3.05) is 26.2 Å². The first-order valence-electron chi connectivity index (χ1n) is 5.92. The number of hydrogen-bond acceptors (Lipinski definition) is 3. The van der Waals surface area contributed by atoms with Gasteiger partial charge in [0.15, 0.2) is 0 Å². The Kier molecular flexibility index (Phi) is 5.25. The smallest absolute Gasteiger partial charge is 0.311 e. The van der Waals surface area contributed by atoms with Crippen LogP contribution in [-0.4, -0.2) is 42.9 Å². The molecule has 0 aromatic heterocycles. The molecule has 3 N–H and O–H groups in total. The van der Waals surface area contributed by atoms with Crippen LogP contribution in [0.5, 0.6) is 0 Å². The molecule has 0 aromatic rings. The van der Waals surface area contributed by atoms with Crippen molar-refractivity contribution in [3.8, 4) is 0 Å². The molecule has 0 saturated carbocycles. The third kappa shape index (κ3) is 3.81. The van der Waals surface area contributed by atoms with Gasteiger partial charge in [-0.25, -0.2) is 0 Å². The van der Waals surface area contributed by atoms with E-state index in [2.05, 4.69) is 12.2 Å². The Labute approximate surface area is 96.4 Å². The SMILES string of the molecule is CC1CCCN(C(=O)C(=O)NCCN)CC1. The highest BCUT2D eigenvalue weighted by atomic mass is 16.2. The van der Waals surface area contributed by atoms with Gasteiger partial charge in [0.05, 0.1) is 0 Å². The molecule has 2 amide bonds. The summed E-state index contributed by atoms with van der Waals surface area (Å²) in [4.78, 5) is 24.8. The zero-order valence-electron chi connectivity index (χ0n) is 9.87. The molecular weight excluding hydrogens is 206 g/mol. The highest BCUT2D eigenvalue weighted by Gasteiger charge is 2.23. The molecule has 0 radical (unpaired) electrons. The van der Waals surface area contributed by atoms with Crippen LogP contribution in [0, 0.1) is 5.92 Å². The van der Waals surface area contributed by atoms with Crippen LogP contribution in [0.4, 0.5) is 0 Å². The summed E-state index contributed by atoms with van der Waals surface area (Å²) in [6.07, 6.45) is 3.10. The van der Waals surface area contributed by atoms with Gasteiger partial charge in [-0.1, -0.05) is 6.92 Å². The predicted molar refractivity (Wildman–Crippen MR) is 61.7 cm³/mol. The lowest BCUT2D eigenvalue weighted by molar-refractivity contribution is -0.145. The van der Waals surface area contributed by atoms with Gasteiger partial charge in [-0.05, 0) is 25.2 Å². The molecular formula is C11H21N3O2. The quantitative estimate of drug-likeness (QED) is 0.637. The number of carbonyl (C=O) groups is 2. The Balaban J connectivity index is 2.43. The van der Waals surface area contributed by atoms with E-state index in [4.69, 9.17) is 5.73 Å². The molecule has 1 aliphatic heterocycles. The fraction of sp³-hybridized carbons (Fsp3) is 0.818. The molecule has 1 aliphatic rings. The Morgan fingerprint density at radius 2 is 2.12 bits per heavy atom. The summed E-state index contributed by atoms with van der Waals surface area (Å²) in [6.45, 7) is 4.28. The monoisotopic (exact) mass is 227 g/mol. The van der Waals surface area contributed by atoms with Crippen LogP contribution < -0.4 is 11.1 Å². The Morgan fingerprint density at radius 1 is 1.38 bits per heavy atom. The van der Waals surface area contributed by atoms with Crippen LogP contribution in [-0.2, 0) is 9.59 Å². The van der Waals surface area contributed by atoms with Crippen LogP contribution in [0.3, 0.4) is 0 Å². The molecule has 0 bridgehead atoms. The Hall–Kier alpha value is -1.10. The van der Waals surface area contributed by atoms with Crippen molar-refractivity contribution >= 4 is 11.8 Å². The molecule has 0 spiro atoms. The third-order valence-corrected chi connectivity index (χ3v) is 2.93. The third-order valence-electron chi connectivity index (χ3n) is 2.93. The average Bonchev–Trinajstić information content (AvgIpc) is 2.50. The first-order valence-corrected chi connectivity index (χ1v) is 5.92. The Morgan fingerprint density at radius 3 is 2.81 bits per heavy atom. The number of nitrogens with zero attached hydrogens (tertiary/aromatic N) is 1. The molecule has 5 heteroatoms. The summed E-state index contributed by atoms with van der Waals surface area (Å²) in [5.74, 6) is -0.299. The summed E-state index contributed by atoms with van der Waals surface area (Å²) in [6, 6.07) is 0. The van der Waals surface area contributed by atoms with E-state index in [-0.39, 0.29) is 0 Å². The lowest BCUT2D eigenvalue weighted by Gasteiger charge is -2.19. The molecule has 0 aromatic carbocycles. The van der Waals surface area contributed by atoms with Crippen molar-refractivity contribution in [2.24, 2.45) is 11.7 Å². The van der Waals surface area contributed by atoms with E-state index in [0.29, 0.717) is 32.1 Å². The standard InChI is InChI=1S/C11H21N3O2/c1-9-3-2-7-14(8-4-9)11(16)10(15)13-6-5-12/h9H,2-8,12H2,1H3,(H,13,15). The first-order chi connectivity index (χ1) is 7.65. The molecule has 92 valence electrons. The second-order valence-electron chi connectivity index (χ2n) is 4.37. The summed E-state index contributed by atoms with van der Waals surface area (Å²) in [5.41, 5.74) is 5.26. The zero-order valence-corrected chi connectivity index (χ0v) is 9.87. The van der Waals surface area contributed by atoms with Gasteiger partial charge >= 0.3 is 11.8 Å². The average molecular weight is 227 g/mol. The van der Waals surface area contributed by atoms with Crippen molar-refractivity contribution in [1.82, 2.24) is 10.2 Å². The molecule has 16 heavy (non-hydrogen) atoms. The van der Waals surface area contributed by atoms with Crippen LogP contribution in [0.2, 0.25) is 0 Å². The van der Waals surface area contributed by atoms with E-state index < -0.39 is 11.8 Å². The van der Waals surface area contributed by atoms with Crippen molar-refractivity contribution in [3.05, 3.63) is 0 Å².